The SMILES string of the molecule is O=C(NBr)C1CCCC1. The Hall–Kier alpha value is -0.0500. The van der Waals surface area contributed by atoms with Crippen molar-refractivity contribution in [1.29, 1.82) is 0 Å². The summed E-state index contributed by atoms with van der Waals surface area (Å²) >= 11 is 2.93. The van der Waals surface area contributed by atoms with Gasteiger partial charge in [0.05, 0.1) is 0 Å². The third kappa shape index (κ3) is 1.68. The van der Waals surface area contributed by atoms with Crippen molar-refractivity contribution in [3.63, 3.8) is 0 Å². The molecule has 0 bridgehead atoms. The summed E-state index contributed by atoms with van der Waals surface area (Å²) in [7, 11) is 0. The maximum atomic E-state index is 10.9. The topological polar surface area (TPSA) is 29.1 Å². The van der Waals surface area contributed by atoms with Gasteiger partial charge in [-0.25, -0.2) is 0 Å². The number of hydrogen-bond acceptors (Lipinski definition) is 1. The number of amides is 1. The van der Waals surface area contributed by atoms with E-state index in [-0.39, 0.29) is 11.8 Å². The lowest BCUT2D eigenvalue weighted by atomic mass is 10.1. The van der Waals surface area contributed by atoms with Crippen molar-refractivity contribution in [2.45, 2.75) is 25.7 Å². The van der Waals surface area contributed by atoms with Gasteiger partial charge in [0, 0.05) is 22.1 Å². The Morgan fingerprint density at radius 3 is 2.44 bits per heavy atom. The van der Waals surface area contributed by atoms with Crippen LogP contribution in [-0.4, -0.2) is 5.91 Å². The van der Waals surface area contributed by atoms with Gasteiger partial charge in [0.1, 0.15) is 0 Å². The third-order valence-electron chi connectivity index (χ3n) is 1.82. The van der Waals surface area contributed by atoms with Gasteiger partial charge in [0.2, 0.25) is 5.91 Å². The lowest BCUT2D eigenvalue weighted by Crippen LogP contribution is -2.20. The molecule has 0 aromatic carbocycles. The van der Waals surface area contributed by atoms with Gasteiger partial charge in [-0.3, -0.25) is 9.14 Å². The predicted octanol–water partition coefficient (Wildman–Crippen LogP) is 1.60. The Morgan fingerprint density at radius 2 is 2.00 bits per heavy atom. The van der Waals surface area contributed by atoms with E-state index < -0.39 is 0 Å². The monoisotopic (exact) mass is 191 g/mol. The Balaban J connectivity index is 2.32. The molecule has 1 aliphatic rings. The molecule has 0 heterocycles. The van der Waals surface area contributed by atoms with Gasteiger partial charge in [0.15, 0.2) is 0 Å². The van der Waals surface area contributed by atoms with E-state index in [0.717, 1.165) is 12.8 Å². The zero-order chi connectivity index (χ0) is 6.69. The fraction of sp³-hybridized carbons (Fsp3) is 0.833. The molecule has 0 radical (unpaired) electrons. The first-order valence-corrected chi connectivity index (χ1v) is 4.04. The smallest absolute Gasteiger partial charge is 0.232 e. The summed E-state index contributed by atoms with van der Waals surface area (Å²) < 4.78 is 2.48. The number of carbonyl (C=O) groups excluding carboxylic acids is 1. The van der Waals surface area contributed by atoms with E-state index in [4.69, 9.17) is 0 Å². The summed E-state index contributed by atoms with van der Waals surface area (Å²) in [5.74, 6) is 0.428. The minimum Gasteiger partial charge on any atom is -0.292 e. The molecule has 1 saturated carbocycles. The highest BCUT2D eigenvalue weighted by Crippen LogP contribution is 2.24. The van der Waals surface area contributed by atoms with Gasteiger partial charge in [-0.15, -0.1) is 0 Å². The number of carbonyl (C=O) groups is 1. The van der Waals surface area contributed by atoms with Crippen LogP contribution < -0.4 is 4.34 Å². The van der Waals surface area contributed by atoms with Crippen molar-refractivity contribution >= 4 is 22.1 Å². The molecule has 3 heteroatoms. The first-order chi connectivity index (χ1) is 4.34. The maximum Gasteiger partial charge on any atom is 0.232 e. The largest absolute Gasteiger partial charge is 0.292 e. The minimum atomic E-state index is 0.146. The highest BCUT2D eigenvalue weighted by atomic mass is 79.9. The first kappa shape index (κ1) is 7.06. The second-order valence-corrected chi connectivity index (χ2v) is 2.84. The highest BCUT2D eigenvalue weighted by molar-refractivity contribution is 9.08. The van der Waals surface area contributed by atoms with Crippen LogP contribution >= 0.6 is 16.1 Å². The fourth-order valence-corrected chi connectivity index (χ4v) is 1.59. The molecule has 9 heavy (non-hydrogen) atoms. The summed E-state index contributed by atoms with van der Waals surface area (Å²) in [4.78, 5) is 10.9. The second kappa shape index (κ2) is 3.20. The Bertz CT molecular complexity index is 110. The van der Waals surface area contributed by atoms with Gasteiger partial charge >= 0.3 is 0 Å². The molecule has 1 amide bonds. The summed E-state index contributed by atoms with van der Waals surface area (Å²) in [5.41, 5.74) is 0. The Kier molecular flexibility index (Phi) is 2.51. The first-order valence-electron chi connectivity index (χ1n) is 3.25. The average Bonchev–Trinajstić information content (AvgIpc) is 2.37. The van der Waals surface area contributed by atoms with Gasteiger partial charge in [0.25, 0.3) is 0 Å². The number of hydrogen-bond donors (Lipinski definition) is 1. The van der Waals surface area contributed by atoms with Crippen molar-refractivity contribution in [3.05, 3.63) is 0 Å². The number of nitrogens with one attached hydrogen (secondary N) is 1. The van der Waals surface area contributed by atoms with Crippen LogP contribution in [0.1, 0.15) is 25.7 Å². The maximum absolute atomic E-state index is 10.9. The fourth-order valence-electron chi connectivity index (χ4n) is 1.27. The van der Waals surface area contributed by atoms with Crippen molar-refractivity contribution in [3.8, 4) is 0 Å². The molecule has 0 aromatic rings. The van der Waals surface area contributed by atoms with Crippen LogP contribution in [0.4, 0.5) is 0 Å². The molecule has 52 valence electrons. The molecular weight excluding hydrogens is 182 g/mol. The normalized spacial score (nSPS) is 20.1. The van der Waals surface area contributed by atoms with E-state index in [0.29, 0.717) is 0 Å². The lowest BCUT2D eigenvalue weighted by Gasteiger charge is -2.03. The summed E-state index contributed by atoms with van der Waals surface area (Å²) in [5, 5.41) is 0. The van der Waals surface area contributed by atoms with Crippen LogP contribution in [0.2, 0.25) is 0 Å². The van der Waals surface area contributed by atoms with Crippen LogP contribution in [0.25, 0.3) is 0 Å². The summed E-state index contributed by atoms with van der Waals surface area (Å²) in [6.07, 6.45) is 4.56. The molecule has 1 fully saturated rings. The van der Waals surface area contributed by atoms with Crippen molar-refractivity contribution in [2.24, 2.45) is 5.92 Å². The van der Waals surface area contributed by atoms with Gasteiger partial charge in [-0.05, 0) is 12.8 Å². The van der Waals surface area contributed by atoms with E-state index >= 15 is 0 Å². The second-order valence-electron chi connectivity index (χ2n) is 2.44. The summed E-state index contributed by atoms with van der Waals surface area (Å²) in [6.45, 7) is 0. The van der Waals surface area contributed by atoms with Crippen molar-refractivity contribution in [1.82, 2.24) is 4.34 Å². The molecule has 2 nitrogen and oxygen atoms in total. The molecule has 0 saturated heterocycles. The van der Waals surface area contributed by atoms with Crippen LogP contribution in [0.5, 0.6) is 0 Å². The van der Waals surface area contributed by atoms with E-state index in [1.54, 1.807) is 0 Å². The molecule has 0 aromatic heterocycles. The molecule has 1 rings (SSSR count). The van der Waals surface area contributed by atoms with Crippen LogP contribution in [0.3, 0.4) is 0 Å². The van der Waals surface area contributed by atoms with Crippen LogP contribution in [0.15, 0.2) is 0 Å². The van der Waals surface area contributed by atoms with Gasteiger partial charge in [-0.2, -0.15) is 0 Å². The Labute approximate surface area is 63.3 Å². The average molecular weight is 192 g/mol. The van der Waals surface area contributed by atoms with Crippen LogP contribution in [-0.2, 0) is 4.79 Å². The zero-order valence-electron chi connectivity index (χ0n) is 5.19. The molecule has 1 N–H and O–H groups in total. The van der Waals surface area contributed by atoms with Crippen molar-refractivity contribution < 1.29 is 4.79 Å². The lowest BCUT2D eigenvalue weighted by molar-refractivity contribution is -0.122. The third-order valence-corrected chi connectivity index (χ3v) is 2.21. The molecule has 0 atom stereocenters. The predicted molar refractivity (Wildman–Crippen MR) is 39.0 cm³/mol. The van der Waals surface area contributed by atoms with Crippen LogP contribution in [0, 0.1) is 5.92 Å². The van der Waals surface area contributed by atoms with Gasteiger partial charge in [-0.1, -0.05) is 12.8 Å². The highest BCUT2D eigenvalue weighted by Gasteiger charge is 2.21. The van der Waals surface area contributed by atoms with Crippen molar-refractivity contribution in [2.75, 3.05) is 0 Å². The number of halogens is 1. The van der Waals surface area contributed by atoms with Gasteiger partial charge < -0.3 is 0 Å². The van der Waals surface area contributed by atoms with E-state index in [2.05, 4.69) is 20.5 Å². The van der Waals surface area contributed by atoms with E-state index in [1.807, 2.05) is 0 Å². The molecule has 1 aliphatic carbocycles. The van der Waals surface area contributed by atoms with E-state index in [9.17, 15) is 4.79 Å². The quantitative estimate of drug-likeness (QED) is 0.628. The zero-order valence-corrected chi connectivity index (χ0v) is 6.78. The Morgan fingerprint density at radius 1 is 1.44 bits per heavy atom. The number of rotatable bonds is 1. The molecule has 0 spiro atoms. The molecular formula is C6H10BrNO. The molecule has 0 aliphatic heterocycles. The molecule has 0 unspecified atom stereocenters. The minimum absolute atomic E-state index is 0.146. The summed E-state index contributed by atoms with van der Waals surface area (Å²) in [6, 6.07) is 0. The standard InChI is InChI=1S/C6H10BrNO/c7-8-6(9)5-3-1-2-4-5/h5H,1-4H2,(H,8,9). The van der Waals surface area contributed by atoms with E-state index in [1.165, 1.54) is 12.8 Å².